The highest BCUT2D eigenvalue weighted by Crippen LogP contribution is 2.15. The molecule has 16 heavy (non-hydrogen) atoms. The fraction of sp³-hybridized carbons (Fsp3) is 0.222. The number of aromatic nitrogens is 4. The summed E-state index contributed by atoms with van der Waals surface area (Å²) in [6, 6.07) is 1.70. The van der Waals surface area contributed by atoms with Crippen molar-refractivity contribution in [3.8, 4) is 0 Å². The molecule has 1 N–H and O–H groups in total. The van der Waals surface area contributed by atoms with Crippen LogP contribution in [0, 0.1) is 0 Å². The molecule has 0 aliphatic rings. The summed E-state index contributed by atoms with van der Waals surface area (Å²) in [6.07, 6.45) is 3.16. The average Bonchev–Trinajstić information content (AvgIpc) is 2.74. The Balaban J connectivity index is 2.21. The van der Waals surface area contributed by atoms with E-state index in [1.54, 1.807) is 31.0 Å². The number of hydrogen-bond acceptors (Lipinski definition) is 3. The number of nitrogens with one attached hydrogen (secondary N) is 1. The molecular weight excluding hydrogens is 230 g/mol. The smallest absolute Gasteiger partial charge is 0.276 e. The zero-order valence-electron chi connectivity index (χ0n) is 8.81. The third-order valence-corrected chi connectivity index (χ3v) is 2.34. The van der Waals surface area contributed by atoms with E-state index in [2.05, 4.69) is 15.5 Å². The molecule has 0 bridgehead atoms. The summed E-state index contributed by atoms with van der Waals surface area (Å²) < 4.78 is 3.01. The first-order valence-corrected chi connectivity index (χ1v) is 4.94. The first-order chi connectivity index (χ1) is 7.58. The van der Waals surface area contributed by atoms with E-state index in [-0.39, 0.29) is 5.91 Å². The van der Waals surface area contributed by atoms with Crippen LogP contribution in [0.3, 0.4) is 0 Å². The van der Waals surface area contributed by atoms with Crippen molar-refractivity contribution in [2.24, 2.45) is 14.1 Å². The zero-order chi connectivity index (χ0) is 11.7. The Bertz CT molecular complexity index is 510. The number of rotatable bonds is 2. The van der Waals surface area contributed by atoms with Gasteiger partial charge in [-0.2, -0.15) is 10.2 Å². The van der Waals surface area contributed by atoms with E-state index in [4.69, 9.17) is 11.6 Å². The summed E-state index contributed by atoms with van der Waals surface area (Å²) in [4.78, 5) is 11.8. The Morgan fingerprint density at radius 2 is 2.25 bits per heavy atom. The number of carbonyl (C=O) groups excluding carboxylic acids is 1. The van der Waals surface area contributed by atoms with Gasteiger partial charge in [-0.25, -0.2) is 0 Å². The van der Waals surface area contributed by atoms with Gasteiger partial charge in [0, 0.05) is 26.4 Å². The number of halogens is 1. The molecule has 84 valence electrons. The van der Waals surface area contributed by atoms with Crippen molar-refractivity contribution in [2.45, 2.75) is 0 Å². The van der Waals surface area contributed by atoms with Crippen LogP contribution in [0.4, 0.5) is 5.82 Å². The first kappa shape index (κ1) is 10.7. The summed E-state index contributed by atoms with van der Waals surface area (Å²) in [7, 11) is 3.42. The Hall–Kier alpha value is -1.82. The number of anilines is 1. The molecule has 0 saturated carbocycles. The molecule has 0 atom stereocenters. The molecular formula is C9H10ClN5O. The fourth-order valence-electron chi connectivity index (χ4n) is 1.32. The molecule has 0 saturated heterocycles. The van der Waals surface area contributed by atoms with Gasteiger partial charge in [-0.1, -0.05) is 11.6 Å². The van der Waals surface area contributed by atoms with Gasteiger partial charge in [0.25, 0.3) is 5.91 Å². The highest BCUT2D eigenvalue weighted by atomic mass is 35.5. The van der Waals surface area contributed by atoms with E-state index in [9.17, 15) is 4.79 Å². The Labute approximate surface area is 96.8 Å². The van der Waals surface area contributed by atoms with Crippen molar-refractivity contribution in [3.05, 3.63) is 29.2 Å². The SMILES string of the molecule is Cn1ccc(NC(=O)c2c(Cl)cnn2C)n1. The number of aryl methyl sites for hydroxylation is 2. The molecule has 6 nitrogen and oxygen atoms in total. The van der Waals surface area contributed by atoms with Crippen molar-refractivity contribution in [1.82, 2.24) is 19.6 Å². The van der Waals surface area contributed by atoms with Crippen LogP contribution in [0.15, 0.2) is 18.5 Å². The van der Waals surface area contributed by atoms with Gasteiger partial charge >= 0.3 is 0 Å². The quantitative estimate of drug-likeness (QED) is 0.852. The Morgan fingerprint density at radius 3 is 2.75 bits per heavy atom. The molecule has 0 spiro atoms. The van der Waals surface area contributed by atoms with Gasteiger partial charge < -0.3 is 5.32 Å². The standard InChI is InChI=1S/C9H10ClN5O/c1-14-4-3-7(13-14)12-9(16)8-6(10)5-11-15(8)2/h3-5H,1-2H3,(H,12,13,16). The first-order valence-electron chi connectivity index (χ1n) is 4.56. The van der Waals surface area contributed by atoms with Gasteiger partial charge in [0.2, 0.25) is 0 Å². The minimum absolute atomic E-state index is 0.312. The van der Waals surface area contributed by atoms with E-state index in [1.165, 1.54) is 10.9 Å². The van der Waals surface area contributed by atoms with Gasteiger partial charge in [0.15, 0.2) is 5.82 Å². The van der Waals surface area contributed by atoms with E-state index in [1.807, 2.05) is 0 Å². The lowest BCUT2D eigenvalue weighted by atomic mass is 10.4. The van der Waals surface area contributed by atoms with E-state index >= 15 is 0 Å². The van der Waals surface area contributed by atoms with Crippen LogP contribution in [0.1, 0.15) is 10.5 Å². The molecule has 2 aromatic heterocycles. The second-order valence-corrected chi connectivity index (χ2v) is 3.70. The van der Waals surface area contributed by atoms with E-state index in [0.29, 0.717) is 16.5 Å². The molecule has 0 fully saturated rings. The number of hydrogen-bond donors (Lipinski definition) is 1. The van der Waals surface area contributed by atoms with Crippen LogP contribution in [-0.4, -0.2) is 25.5 Å². The van der Waals surface area contributed by atoms with Crippen LogP contribution >= 0.6 is 11.6 Å². The van der Waals surface area contributed by atoms with E-state index < -0.39 is 0 Å². The molecule has 2 rings (SSSR count). The molecule has 1 amide bonds. The summed E-state index contributed by atoms with van der Waals surface area (Å²) in [6.45, 7) is 0. The maximum atomic E-state index is 11.8. The summed E-state index contributed by atoms with van der Waals surface area (Å²) >= 11 is 5.84. The molecule has 0 aliphatic heterocycles. The zero-order valence-corrected chi connectivity index (χ0v) is 9.56. The molecule has 2 aromatic rings. The number of nitrogens with zero attached hydrogens (tertiary/aromatic N) is 4. The largest absolute Gasteiger partial charge is 0.304 e. The van der Waals surface area contributed by atoms with Gasteiger partial charge in [-0.3, -0.25) is 14.2 Å². The number of carbonyl (C=O) groups is 1. The maximum absolute atomic E-state index is 11.8. The highest BCUT2D eigenvalue weighted by molar-refractivity contribution is 6.34. The molecule has 0 aliphatic carbocycles. The van der Waals surface area contributed by atoms with Crippen LogP contribution in [0.2, 0.25) is 5.02 Å². The predicted octanol–water partition coefficient (Wildman–Crippen LogP) is 1.06. The lowest BCUT2D eigenvalue weighted by molar-refractivity contribution is 0.101. The average molecular weight is 240 g/mol. The van der Waals surface area contributed by atoms with Gasteiger partial charge in [0.05, 0.1) is 11.2 Å². The molecule has 0 aromatic carbocycles. The van der Waals surface area contributed by atoms with Crippen molar-refractivity contribution in [2.75, 3.05) is 5.32 Å². The van der Waals surface area contributed by atoms with Crippen LogP contribution in [0.25, 0.3) is 0 Å². The van der Waals surface area contributed by atoms with Crippen molar-refractivity contribution >= 4 is 23.3 Å². The normalized spacial score (nSPS) is 10.4. The van der Waals surface area contributed by atoms with Gasteiger partial charge in [-0.15, -0.1) is 0 Å². The molecule has 7 heteroatoms. The monoisotopic (exact) mass is 239 g/mol. The van der Waals surface area contributed by atoms with Crippen LogP contribution in [-0.2, 0) is 14.1 Å². The Kier molecular flexibility index (Phi) is 2.66. The predicted molar refractivity (Wildman–Crippen MR) is 59.4 cm³/mol. The third kappa shape index (κ3) is 1.92. The van der Waals surface area contributed by atoms with Crippen molar-refractivity contribution in [1.29, 1.82) is 0 Å². The second-order valence-electron chi connectivity index (χ2n) is 3.29. The fourth-order valence-corrected chi connectivity index (χ4v) is 1.58. The van der Waals surface area contributed by atoms with Crippen molar-refractivity contribution < 1.29 is 4.79 Å². The third-order valence-electron chi connectivity index (χ3n) is 2.06. The van der Waals surface area contributed by atoms with Gasteiger partial charge in [-0.05, 0) is 0 Å². The molecule has 0 unspecified atom stereocenters. The topological polar surface area (TPSA) is 64.7 Å². The second kappa shape index (κ2) is 3.97. The minimum atomic E-state index is -0.330. The van der Waals surface area contributed by atoms with Crippen LogP contribution < -0.4 is 5.32 Å². The lowest BCUT2D eigenvalue weighted by Gasteiger charge is -2.02. The van der Waals surface area contributed by atoms with Gasteiger partial charge in [0.1, 0.15) is 5.69 Å². The minimum Gasteiger partial charge on any atom is -0.304 e. The summed E-state index contributed by atoms with van der Waals surface area (Å²) in [5.74, 6) is 0.147. The Morgan fingerprint density at radius 1 is 1.50 bits per heavy atom. The number of amides is 1. The van der Waals surface area contributed by atoms with Crippen molar-refractivity contribution in [3.63, 3.8) is 0 Å². The molecule has 0 radical (unpaired) electrons. The summed E-state index contributed by atoms with van der Waals surface area (Å²) in [5, 5.41) is 10.9. The molecule has 2 heterocycles. The van der Waals surface area contributed by atoms with Crippen LogP contribution in [0.5, 0.6) is 0 Å². The summed E-state index contributed by atoms with van der Waals surface area (Å²) in [5.41, 5.74) is 0.312. The highest BCUT2D eigenvalue weighted by Gasteiger charge is 2.16. The maximum Gasteiger partial charge on any atom is 0.276 e. The van der Waals surface area contributed by atoms with E-state index in [0.717, 1.165) is 0 Å². The lowest BCUT2D eigenvalue weighted by Crippen LogP contribution is -2.17.